The van der Waals surface area contributed by atoms with Gasteiger partial charge in [0.05, 0.1) is 24.7 Å². The number of ether oxygens (including phenoxy) is 2. The molecule has 0 spiro atoms. The van der Waals surface area contributed by atoms with Crippen LogP contribution >= 0.6 is 18.8 Å². The Morgan fingerprint density at radius 1 is 0.584 bits per heavy atom. The minimum absolute atomic E-state index is 0. The van der Waals surface area contributed by atoms with Gasteiger partial charge < -0.3 is 133 Å². The molecule has 4 fully saturated rings. The van der Waals surface area contributed by atoms with Crippen LogP contribution in [0, 0.1) is 36.0 Å². The molecule has 0 aromatic rings. The van der Waals surface area contributed by atoms with Gasteiger partial charge in [-0.1, -0.05) is 64.2 Å². The first-order chi connectivity index (χ1) is 30.5. The van der Waals surface area contributed by atoms with E-state index in [2.05, 4.69) is 6.92 Å². The van der Waals surface area contributed by atoms with Crippen molar-refractivity contribution in [3.05, 3.63) is 72.5 Å². The van der Waals surface area contributed by atoms with E-state index >= 15 is 0 Å². The zero-order chi connectivity index (χ0) is 52.7. The summed E-state index contributed by atoms with van der Waals surface area (Å²) in [5.74, 6) is -8.96. The Balaban J connectivity index is -0.0000000388. The first-order valence-electron chi connectivity index (χ1n) is 19.9. The number of carbonyl (C=O) groups is 8. The van der Waals surface area contributed by atoms with Gasteiger partial charge in [-0.05, 0) is 26.2 Å². The third-order valence-electron chi connectivity index (χ3n) is 9.10. The second-order valence-corrected chi connectivity index (χ2v) is 18.0. The molecule has 1 heterocycles. The number of aliphatic carboxylic acids is 8. The Labute approximate surface area is 538 Å². The summed E-state index contributed by atoms with van der Waals surface area (Å²) in [4.78, 5) is 76.6. The normalized spacial score (nSPS) is 19.6. The summed E-state index contributed by atoms with van der Waals surface area (Å²) in [7, 11) is 9.75. The van der Waals surface area contributed by atoms with E-state index in [1.165, 1.54) is 39.0 Å². The van der Waals surface area contributed by atoms with Gasteiger partial charge in [0, 0.05) is 5.92 Å². The van der Waals surface area contributed by atoms with Crippen molar-refractivity contribution in [2.24, 2.45) is 29.1 Å². The van der Waals surface area contributed by atoms with Gasteiger partial charge in [0.25, 0.3) is 0 Å². The zero-order valence-electron chi connectivity index (χ0n) is 41.9. The van der Waals surface area contributed by atoms with E-state index in [9.17, 15) is 24.0 Å². The molecule has 39 heteroatoms. The van der Waals surface area contributed by atoms with Crippen LogP contribution < -0.4 is 0 Å². The van der Waals surface area contributed by atoms with Crippen LogP contribution in [0.15, 0.2) is 0 Å². The molecule has 3 aliphatic carbocycles. The van der Waals surface area contributed by atoms with Crippen molar-refractivity contribution in [1.82, 2.24) is 0 Å². The van der Waals surface area contributed by atoms with Gasteiger partial charge in [-0.2, -0.15) is 12.0 Å². The standard InChI is InChI=1S/C8H16N2O2.C7H13N.C6H12N2.C6H8O4.C4H8O3.C3H4O4.C2H2O4.C2H4O3.2ClH.6H2N.6Pt/c1-5(2)8-11-6(3-9)7(4-10)12-8;1-6-4-2-3-5-7(6)8;7-3-5-1-2-6(5)4-8;7-4(8)6(5(9)10)2-1-3-6;1-3(5)2-4(6)7;4-2(5)1-3(6)7;3-1(4)2(5)6;3-1-2(4)5;;;;;;;;;;;;;;/h5-10H,3-4H2,1-2H3;6-8H,1-5H2;5-8H,1-4H2;1-3H2,(H,7,8)(H,9,10);3,5H,2H2,1H3,(H,6,7);1H2,(H,4,5)(H,6,7);(H,3,4)(H,5,6);3H,1H2,(H,4,5);2*1H;6*1H2;;;;;;/q3*-2;;;;;;;;6*-1;5*+2;+4/p-2/t;6-,7?;;;3-;;;;;;;;;;;;;;;;;/m.1..0................./s1. The molecule has 3 saturated carbocycles. The Hall–Kier alpha value is -0.130. The molecule has 0 aromatic carbocycles. The summed E-state index contributed by atoms with van der Waals surface area (Å²) >= 11 is -0.472. The van der Waals surface area contributed by atoms with Gasteiger partial charge in [-0.3, -0.25) is 24.0 Å². The summed E-state index contributed by atoms with van der Waals surface area (Å²) in [6, 6.07) is 0.142. The van der Waals surface area contributed by atoms with Crippen molar-refractivity contribution in [2.45, 2.75) is 122 Å². The quantitative estimate of drug-likeness (QED) is 0.0493. The van der Waals surface area contributed by atoms with Crippen LogP contribution in [-0.2, 0) is 170 Å². The summed E-state index contributed by atoms with van der Waals surface area (Å²) in [5.41, 5.74) is 34.3. The molecule has 1 saturated heterocycles. The van der Waals surface area contributed by atoms with Gasteiger partial charge in [-0.25, -0.2) is 14.4 Å². The van der Waals surface area contributed by atoms with Gasteiger partial charge >= 0.3 is 188 Å². The number of nitrogens with two attached hydrogens (primary N) is 6. The van der Waals surface area contributed by atoms with E-state index in [1.807, 2.05) is 13.8 Å². The maximum Gasteiger partial charge on any atom is 2.00 e. The fourth-order valence-electron chi connectivity index (χ4n) is 5.04. The number of halogens is 2. The molecular weight excluding hydrogens is 2170 g/mol. The van der Waals surface area contributed by atoms with Gasteiger partial charge in [0.2, 0.25) is 0 Å². The molecule has 7 atom stereocenters. The molecular formula is C38H79Cl2N11O20Pt6. The van der Waals surface area contributed by atoms with Crippen molar-refractivity contribution in [1.29, 1.82) is 0 Å². The number of carboxylic acids is 8. The van der Waals surface area contributed by atoms with E-state index < -0.39 is 88.8 Å². The Bertz CT molecular complexity index is 1350. The van der Waals surface area contributed by atoms with E-state index in [4.69, 9.17) is 122 Å². The number of hydrogen-bond donors (Lipinski definition) is 10. The Morgan fingerprint density at radius 3 is 0.987 bits per heavy atom. The molecule has 5 unspecified atom stereocenters. The topological polar surface area (TPSA) is 677 Å². The van der Waals surface area contributed by atoms with Crippen LogP contribution in [0.2, 0.25) is 0 Å². The van der Waals surface area contributed by atoms with Gasteiger partial charge in [-0.15, -0.1) is 26.2 Å². The molecule has 27 N–H and O–H groups in total. The third-order valence-corrected chi connectivity index (χ3v) is 9.10. The fraction of sp³-hybridized carbons (Fsp3) is 0.763. The van der Waals surface area contributed by atoms with E-state index in [0.717, 1.165) is 6.42 Å². The molecule has 0 aromatic heterocycles. The average Bonchev–Trinajstić information content (AvgIpc) is 3.61. The molecule has 1 aliphatic heterocycles. The Kier molecular flexibility index (Phi) is 115. The monoisotopic (exact) mass is 2250 g/mol. The van der Waals surface area contributed by atoms with Crippen LogP contribution in [0.25, 0.3) is 65.6 Å². The molecule has 0 amide bonds. The number of hydrogen-bond acceptors (Lipinski definition) is 12. The fourth-order valence-corrected chi connectivity index (χ4v) is 5.04. The number of aliphatic hydroxyl groups excluding tert-OH is 2. The minimum atomic E-state index is -1.82. The van der Waals surface area contributed by atoms with Crippen LogP contribution in [0.1, 0.15) is 91.4 Å². The number of rotatable bonds is 12. The molecule has 0 bridgehead atoms. The third kappa shape index (κ3) is 68.3. The summed E-state index contributed by atoms with van der Waals surface area (Å²) < 4.78 is 10.9. The Morgan fingerprint density at radius 2 is 0.896 bits per heavy atom. The smallest absolute Gasteiger partial charge is 0.693 e. The van der Waals surface area contributed by atoms with E-state index in [0.29, 0.717) is 43.2 Å². The van der Waals surface area contributed by atoms with E-state index in [1.54, 1.807) is 0 Å². The number of nitrogens with one attached hydrogen (secondary N) is 5. The van der Waals surface area contributed by atoms with Crippen LogP contribution in [0.3, 0.4) is 0 Å². The van der Waals surface area contributed by atoms with Crippen molar-refractivity contribution in [3.63, 3.8) is 0 Å². The van der Waals surface area contributed by atoms with Gasteiger partial charge in [0.15, 0.2) is 11.7 Å². The summed E-state index contributed by atoms with van der Waals surface area (Å²) in [6.45, 7) is 10.0. The van der Waals surface area contributed by atoms with Crippen molar-refractivity contribution < 1.29 is 221 Å². The van der Waals surface area contributed by atoms with E-state index in [-0.39, 0.29) is 199 Å². The zero-order valence-corrected chi connectivity index (χ0v) is 57.0. The van der Waals surface area contributed by atoms with Crippen molar-refractivity contribution in [2.75, 3.05) is 32.8 Å². The van der Waals surface area contributed by atoms with Crippen LogP contribution in [0.4, 0.5) is 0 Å². The van der Waals surface area contributed by atoms with Crippen molar-refractivity contribution >= 4 is 66.6 Å². The molecule has 480 valence electrons. The predicted molar refractivity (Wildman–Crippen MR) is 266 cm³/mol. The summed E-state index contributed by atoms with van der Waals surface area (Å²) in [6.07, 6.45) is 6.15. The molecule has 0 radical (unpaired) electrons. The average molecular weight is 2250 g/mol. The maximum atomic E-state index is 10.4. The largest absolute Gasteiger partial charge is 2.00 e. The molecule has 4 aliphatic rings. The second kappa shape index (κ2) is 73.9. The molecule has 77 heavy (non-hydrogen) atoms. The minimum Gasteiger partial charge on any atom is -0.693 e. The SMILES string of the molecule is CC(C)C1OC(C[NH-])C(C[NH-])O1.C[C@H](O)CC(=O)O.O=C(O)C(=O)O.O=C(O)C1(C(=O)O)CCC1.O=C(O)CC(=O)O.O=C(O)CO.[CH2-][C@@H]1CCCCC1[NH-].[Cl][Pt+2][Cl].[NH-]CC1CCC1C[NH-].[NH2-].[NH2-].[NH2-].[NH2-].[NH2-].[NH2-].[Pt+2].[Pt+2].[Pt+2].[Pt+2].[Pt+2]. The second-order valence-electron chi connectivity index (χ2n) is 14.7. The molecule has 31 nitrogen and oxygen atoms in total. The number of aliphatic hydroxyl groups is 2. The molecule has 4 rings (SSSR count). The first kappa shape index (κ1) is 119. The maximum absolute atomic E-state index is 10.4. The summed E-state index contributed by atoms with van der Waals surface area (Å²) in [5, 5.41) is 78.4. The van der Waals surface area contributed by atoms with Crippen LogP contribution in [-0.4, -0.2) is 162 Å². The predicted octanol–water partition coefficient (Wildman–Crippen LogP) is 10.0. The van der Waals surface area contributed by atoms with Crippen molar-refractivity contribution in [3.8, 4) is 0 Å². The van der Waals surface area contributed by atoms with Crippen LogP contribution in [0.5, 0.6) is 0 Å². The van der Waals surface area contributed by atoms with Gasteiger partial charge in [0.1, 0.15) is 13.0 Å². The first-order valence-corrected chi connectivity index (χ1v) is 25.5. The number of carboxylic acid groups (broad SMARTS) is 8.